The third kappa shape index (κ3) is 4.06. The average molecular weight is 348 g/mol. The molecule has 2 aromatic carbocycles. The standard InChI is InChI=1S/C18H18ClNO4/c1-4-24-18(22)14-10-13(6-7-15(14)19)20-17(21)12-5-8-16(23-3)11(2)9-12/h5-10H,4H2,1-3H3,(H,20,21). The number of hydrogen-bond donors (Lipinski definition) is 1. The van der Waals surface area contributed by atoms with Crippen LogP contribution in [0.2, 0.25) is 5.02 Å². The van der Waals surface area contributed by atoms with Gasteiger partial charge in [-0.15, -0.1) is 0 Å². The van der Waals surface area contributed by atoms with Gasteiger partial charge in [-0.3, -0.25) is 4.79 Å². The molecule has 0 radical (unpaired) electrons. The maximum Gasteiger partial charge on any atom is 0.339 e. The Balaban J connectivity index is 2.21. The highest BCUT2D eigenvalue weighted by atomic mass is 35.5. The van der Waals surface area contributed by atoms with E-state index in [0.29, 0.717) is 17.0 Å². The molecule has 6 heteroatoms. The lowest BCUT2D eigenvalue weighted by Crippen LogP contribution is -2.13. The number of methoxy groups -OCH3 is 1. The summed E-state index contributed by atoms with van der Waals surface area (Å²) in [4.78, 5) is 24.2. The van der Waals surface area contributed by atoms with Gasteiger partial charge in [-0.2, -0.15) is 0 Å². The van der Waals surface area contributed by atoms with Gasteiger partial charge in [0.25, 0.3) is 5.91 Å². The molecular weight excluding hydrogens is 330 g/mol. The SMILES string of the molecule is CCOC(=O)c1cc(NC(=O)c2ccc(OC)c(C)c2)ccc1Cl. The normalized spacial score (nSPS) is 10.2. The van der Waals surface area contributed by atoms with Crippen LogP contribution in [-0.4, -0.2) is 25.6 Å². The van der Waals surface area contributed by atoms with Crippen molar-refractivity contribution < 1.29 is 19.1 Å². The van der Waals surface area contributed by atoms with Gasteiger partial charge >= 0.3 is 5.97 Å². The highest BCUT2D eigenvalue weighted by Crippen LogP contribution is 2.23. The van der Waals surface area contributed by atoms with Crippen LogP contribution in [0.3, 0.4) is 0 Å². The minimum Gasteiger partial charge on any atom is -0.496 e. The number of halogens is 1. The number of carbonyl (C=O) groups is 2. The van der Waals surface area contributed by atoms with Crippen LogP contribution in [0.4, 0.5) is 5.69 Å². The van der Waals surface area contributed by atoms with Crippen LogP contribution >= 0.6 is 11.6 Å². The maximum absolute atomic E-state index is 12.4. The zero-order valence-electron chi connectivity index (χ0n) is 13.7. The fraction of sp³-hybridized carbons (Fsp3) is 0.222. The number of carbonyl (C=O) groups excluding carboxylic acids is 2. The van der Waals surface area contributed by atoms with Crippen LogP contribution in [-0.2, 0) is 4.74 Å². The van der Waals surface area contributed by atoms with E-state index in [4.69, 9.17) is 21.1 Å². The largest absolute Gasteiger partial charge is 0.496 e. The smallest absolute Gasteiger partial charge is 0.339 e. The summed E-state index contributed by atoms with van der Waals surface area (Å²) in [6, 6.07) is 9.80. The predicted molar refractivity (Wildman–Crippen MR) is 93.1 cm³/mol. The number of benzene rings is 2. The molecule has 1 amide bonds. The van der Waals surface area contributed by atoms with E-state index in [9.17, 15) is 9.59 Å². The Morgan fingerprint density at radius 3 is 2.54 bits per heavy atom. The van der Waals surface area contributed by atoms with Gasteiger partial charge in [0, 0.05) is 11.3 Å². The minimum absolute atomic E-state index is 0.210. The Hall–Kier alpha value is -2.53. The van der Waals surface area contributed by atoms with Gasteiger partial charge < -0.3 is 14.8 Å². The van der Waals surface area contributed by atoms with Crippen LogP contribution in [0.15, 0.2) is 36.4 Å². The molecule has 126 valence electrons. The van der Waals surface area contributed by atoms with Crippen molar-refractivity contribution in [3.63, 3.8) is 0 Å². The maximum atomic E-state index is 12.4. The number of anilines is 1. The molecule has 0 aliphatic carbocycles. The van der Waals surface area contributed by atoms with E-state index in [1.165, 1.54) is 6.07 Å². The van der Waals surface area contributed by atoms with E-state index >= 15 is 0 Å². The number of amides is 1. The summed E-state index contributed by atoms with van der Waals surface area (Å²) in [7, 11) is 1.58. The number of aryl methyl sites for hydroxylation is 1. The summed E-state index contributed by atoms with van der Waals surface area (Å²) in [5.74, 6) is -0.112. The molecule has 24 heavy (non-hydrogen) atoms. The number of hydrogen-bond acceptors (Lipinski definition) is 4. The van der Waals surface area contributed by atoms with E-state index < -0.39 is 5.97 Å². The van der Waals surface area contributed by atoms with Crippen LogP contribution < -0.4 is 10.1 Å². The zero-order chi connectivity index (χ0) is 17.7. The van der Waals surface area contributed by atoms with Gasteiger partial charge in [0.2, 0.25) is 0 Å². The van der Waals surface area contributed by atoms with Crippen molar-refractivity contribution in [3.05, 3.63) is 58.1 Å². The number of ether oxygens (including phenoxy) is 2. The quantitative estimate of drug-likeness (QED) is 0.827. The molecule has 0 aliphatic rings. The highest BCUT2D eigenvalue weighted by Gasteiger charge is 2.14. The Morgan fingerprint density at radius 2 is 1.92 bits per heavy atom. The monoisotopic (exact) mass is 347 g/mol. The summed E-state index contributed by atoms with van der Waals surface area (Å²) >= 11 is 6.01. The molecule has 0 spiro atoms. The molecule has 0 saturated carbocycles. The van der Waals surface area contributed by atoms with E-state index in [-0.39, 0.29) is 23.1 Å². The Labute approximate surface area is 145 Å². The van der Waals surface area contributed by atoms with Gasteiger partial charge in [-0.25, -0.2) is 4.79 Å². The van der Waals surface area contributed by atoms with E-state index in [2.05, 4.69) is 5.32 Å². The van der Waals surface area contributed by atoms with Gasteiger partial charge in [0.1, 0.15) is 5.75 Å². The van der Waals surface area contributed by atoms with E-state index in [1.807, 2.05) is 6.92 Å². The fourth-order valence-electron chi connectivity index (χ4n) is 2.19. The average Bonchev–Trinajstić information content (AvgIpc) is 2.56. The van der Waals surface area contributed by atoms with Gasteiger partial charge in [0.05, 0.1) is 24.3 Å². The Bertz CT molecular complexity index is 774. The molecule has 0 saturated heterocycles. The van der Waals surface area contributed by atoms with Crippen molar-refractivity contribution in [2.45, 2.75) is 13.8 Å². The summed E-state index contributed by atoms with van der Waals surface area (Å²) < 4.78 is 10.1. The molecular formula is C18H18ClNO4. The summed E-state index contributed by atoms with van der Waals surface area (Å²) in [6.07, 6.45) is 0. The van der Waals surface area contributed by atoms with Crippen LogP contribution in [0.5, 0.6) is 5.75 Å². The third-order valence-corrected chi connectivity index (χ3v) is 3.71. The van der Waals surface area contributed by atoms with Crippen LogP contribution in [0.25, 0.3) is 0 Å². The molecule has 0 heterocycles. The third-order valence-electron chi connectivity index (χ3n) is 3.38. The second kappa shape index (κ2) is 7.84. The molecule has 2 rings (SSSR count). The molecule has 2 aromatic rings. The van der Waals surface area contributed by atoms with Gasteiger partial charge in [-0.1, -0.05) is 11.6 Å². The number of rotatable bonds is 5. The molecule has 0 unspecified atom stereocenters. The molecule has 0 fully saturated rings. The molecule has 0 atom stereocenters. The van der Waals surface area contributed by atoms with Gasteiger partial charge in [0.15, 0.2) is 0 Å². The molecule has 0 aliphatic heterocycles. The molecule has 0 aromatic heterocycles. The van der Waals surface area contributed by atoms with Crippen molar-refractivity contribution in [1.29, 1.82) is 0 Å². The first-order chi connectivity index (χ1) is 11.5. The summed E-state index contributed by atoms with van der Waals surface area (Å²) in [5.41, 5.74) is 2.01. The Morgan fingerprint density at radius 1 is 1.17 bits per heavy atom. The first kappa shape index (κ1) is 17.8. The molecule has 1 N–H and O–H groups in total. The van der Waals surface area contributed by atoms with Crippen LogP contribution in [0, 0.1) is 6.92 Å². The highest BCUT2D eigenvalue weighted by molar-refractivity contribution is 6.33. The second-order valence-corrected chi connectivity index (χ2v) is 5.46. The van der Waals surface area contributed by atoms with Crippen molar-refractivity contribution >= 4 is 29.2 Å². The number of esters is 1. The Kier molecular flexibility index (Phi) is 5.82. The van der Waals surface area contributed by atoms with Crippen LogP contribution in [0.1, 0.15) is 33.2 Å². The van der Waals surface area contributed by atoms with E-state index in [0.717, 1.165) is 5.56 Å². The fourth-order valence-corrected chi connectivity index (χ4v) is 2.39. The predicted octanol–water partition coefficient (Wildman–Crippen LogP) is 4.09. The second-order valence-electron chi connectivity index (χ2n) is 5.05. The van der Waals surface area contributed by atoms with Crippen molar-refractivity contribution in [2.24, 2.45) is 0 Å². The summed E-state index contributed by atoms with van der Waals surface area (Å²) in [6.45, 7) is 3.82. The zero-order valence-corrected chi connectivity index (χ0v) is 14.4. The summed E-state index contributed by atoms with van der Waals surface area (Å²) in [5, 5.41) is 3.01. The molecule has 0 bridgehead atoms. The topological polar surface area (TPSA) is 64.6 Å². The lowest BCUT2D eigenvalue weighted by atomic mass is 10.1. The first-order valence-corrected chi connectivity index (χ1v) is 7.76. The molecule has 5 nitrogen and oxygen atoms in total. The first-order valence-electron chi connectivity index (χ1n) is 7.39. The number of nitrogens with one attached hydrogen (secondary N) is 1. The van der Waals surface area contributed by atoms with E-state index in [1.54, 1.807) is 44.4 Å². The minimum atomic E-state index is -0.529. The lowest BCUT2D eigenvalue weighted by molar-refractivity contribution is 0.0526. The van der Waals surface area contributed by atoms with Crippen molar-refractivity contribution in [3.8, 4) is 5.75 Å². The lowest BCUT2D eigenvalue weighted by Gasteiger charge is -2.10. The van der Waals surface area contributed by atoms with Crippen molar-refractivity contribution in [2.75, 3.05) is 19.0 Å². The van der Waals surface area contributed by atoms with Crippen molar-refractivity contribution in [1.82, 2.24) is 0 Å². The van der Waals surface area contributed by atoms with Gasteiger partial charge in [-0.05, 0) is 55.8 Å².